The second-order valence-electron chi connectivity index (χ2n) is 9.30. The molecule has 8 heteroatoms. The first-order chi connectivity index (χ1) is 16.9. The number of fused-ring (bicyclic) bond motifs is 1. The monoisotopic (exact) mass is 474 g/mol. The van der Waals surface area contributed by atoms with E-state index >= 15 is 0 Å². The van der Waals surface area contributed by atoms with Gasteiger partial charge in [0.2, 0.25) is 17.8 Å². The zero-order chi connectivity index (χ0) is 24.8. The molecule has 1 aromatic heterocycles. The Morgan fingerprint density at radius 3 is 2.51 bits per heavy atom. The Hall–Kier alpha value is -3.68. The summed E-state index contributed by atoms with van der Waals surface area (Å²) in [6, 6.07) is 15.9. The molecular formula is C27H34N6O2. The van der Waals surface area contributed by atoms with Crippen LogP contribution >= 0.6 is 0 Å². The summed E-state index contributed by atoms with van der Waals surface area (Å²) in [5.74, 6) is 1.60. The molecule has 8 nitrogen and oxygen atoms in total. The van der Waals surface area contributed by atoms with Crippen molar-refractivity contribution in [2.24, 2.45) is 5.92 Å². The maximum absolute atomic E-state index is 12.8. The van der Waals surface area contributed by atoms with Crippen molar-refractivity contribution < 1.29 is 9.59 Å². The summed E-state index contributed by atoms with van der Waals surface area (Å²) in [7, 11) is 3.97. The van der Waals surface area contributed by atoms with Crippen molar-refractivity contribution in [3.05, 3.63) is 54.1 Å². The van der Waals surface area contributed by atoms with Gasteiger partial charge in [0.15, 0.2) is 0 Å². The summed E-state index contributed by atoms with van der Waals surface area (Å²) in [4.78, 5) is 35.8. The number of nitrogens with zero attached hydrogens (tertiary/aromatic N) is 3. The van der Waals surface area contributed by atoms with Gasteiger partial charge in [-0.1, -0.05) is 31.2 Å². The van der Waals surface area contributed by atoms with Gasteiger partial charge in [-0.15, -0.1) is 0 Å². The van der Waals surface area contributed by atoms with Crippen LogP contribution in [0.1, 0.15) is 44.6 Å². The predicted molar refractivity (Wildman–Crippen MR) is 140 cm³/mol. The van der Waals surface area contributed by atoms with E-state index in [4.69, 9.17) is 9.97 Å². The highest BCUT2D eigenvalue weighted by Gasteiger charge is 2.26. The molecule has 0 radical (unpaired) electrons. The smallest absolute Gasteiger partial charge is 0.225 e. The Labute approximate surface area is 206 Å². The third-order valence-corrected chi connectivity index (χ3v) is 6.44. The Bertz CT molecular complexity index is 1190. The standard InChI is InChI=1S/C27H34N6O2/c1-4-24(34)29-21-9-7-8-18(16-21)17-28-26(35)19-12-14-20(15-13-19)30-27-31-23-11-6-5-10-22(23)25(32-27)33(2)3/h5-11,16,19-20H,4,12-15,17H2,1-3H3,(H,28,35)(H,29,34)(H,30,31,32)/t19-,20+. The highest BCUT2D eigenvalue weighted by molar-refractivity contribution is 5.91. The molecule has 2 amide bonds. The van der Waals surface area contributed by atoms with Crippen LogP contribution in [0.25, 0.3) is 10.9 Å². The molecule has 3 aromatic rings. The average Bonchev–Trinajstić information content (AvgIpc) is 2.87. The van der Waals surface area contributed by atoms with Crippen molar-refractivity contribution in [3.63, 3.8) is 0 Å². The Kier molecular flexibility index (Phi) is 7.80. The van der Waals surface area contributed by atoms with Crippen LogP contribution in [-0.4, -0.2) is 41.9 Å². The number of hydrogen-bond acceptors (Lipinski definition) is 6. The molecule has 1 fully saturated rings. The molecule has 35 heavy (non-hydrogen) atoms. The summed E-state index contributed by atoms with van der Waals surface area (Å²) in [5.41, 5.74) is 2.64. The number of nitrogens with one attached hydrogen (secondary N) is 3. The van der Waals surface area contributed by atoms with Gasteiger partial charge in [0, 0.05) is 50.1 Å². The predicted octanol–water partition coefficient (Wildman–Crippen LogP) is 4.33. The molecule has 184 valence electrons. The Balaban J connectivity index is 1.29. The summed E-state index contributed by atoms with van der Waals surface area (Å²) in [6.07, 6.45) is 3.87. The highest BCUT2D eigenvalue weighted by atomic mass is 16.2. The minimum Gasteiger partial charge on any atom is -0.362 e. The van der Waals surface area contributed by atoms with Crippen LogP contribution in [0.5, 0.6) is 0 Å². The number of rotatable bonds is 8. The fourth-order valence-electron chi connectivity index (χ4n) is 4.49. The van der Waals surface area contributed by atoms with Crippen LogP contribution in [0, 0.1) is 5.92 Å². The lowest BCUT2D eigenvalue weighted by molar-refractivity contribution is -0.126. The van der Waals surface area contributed by atoms with Crippen molar-refractivity contribution in [1.82, 2.24) is 15.3 Å². The number of anilines is 3. The Morgan fingerprint density at radius 2 is 1.77 bits per heavy atom. The van der Waals surface area contributed by atoms with Crippen LogP contribution in [0.2, 0.25) is 0 Å². The van der Waals surface area contributed by atoms with Crippen LogP contribution in [-0.2, 0) is 16.1 Å². The van der Waals surface area contributed by atoms with E-state index in [2.05, 4.69) is 16.0 Å². The van der Waals surface area contributed by atoms with E-state index in [1.165, 1.54) is 0 Å². The molecule has 0 spiro atoms. The molecule has 0 bridgehead atoms. The van der Waals surface area contributed by atoms with Gasteiger partial charge < -0.3 is 20.9 Å². The lowest BCUT2D eigenvalue weighted by Gasteiger charge is -2.28. The molecule has 0 saturated heterocycles. The molecule has 3 N–H and O–H groups in total. The molecular weight excluding hydrogens is 440 g/mol. The third-order valence-electron chi connectivity index (χ3n) is 6.44. The number of amides is 2. The van der Waals surface area contributed by atoms with Gasteiger partial charge in [-0.05, 0) is 55.5 Å². The van der Waals surface area contributed by atoms with E-state index < -0.39 is 0 Å². The van der Waals surface area contributed by atoms with Crippen LogP contribution in [0.3, 0.4) is 0 Å². The van der Waals surface area contributed by atoms with Crippen LogP contribution in [0.15, 0.2) is 48.5 Å². The quantitative estimate of drug-likeness (QED) is 0.449. The van der Waals surface area contributed by atoms with E-state index in [-0.39, 0.29) is 23.8 Å². The van der Waals surface area contributed by atoms with Gasteiger partial charge >= 0.3 is 0 Å². The number of benzene rings is 2. The van der Waals surface area contributed by atoms with Gasteiger partial charge in [0.1, 0.15) is 5.82 Å². The van der Waals surface area contributed by atoms with E-state index in [1.807, 2.05) is 74.4 Å². The van der Waals surface area contributed by atoms with Crippen molar-refractivity contribution in [2.75, 3.05) is 29.6 Å². The molecule has 1 saturated carbocycles. The average molecular weight is 475 g/mol. The fourth-order valence-corrected chi connectivity index (χ4v) is 4.49. The van der Waals surface area contributed by atoms with E-state index in [9.17, 15) is 9.59 Å². The van der Waals surface area contributed by atoms with Crippen molar-refractivity contribution >= 4 is 40.2 Å². The second-order valence-corrected chi connectivity index (χ2v) is 9.30. The molecule has 4 rings (SSSR count). The molecule has 0 unspecified atom stereocenters. The molecule has 0 atom stereocenters. The van der Waals surface area contributed by atoms with Crippen LogP contribution in [0.4, 0.5) is 17.5 Å². The lowest BCUT2D eigenvalue weighted by atomic mass is 9.85. The topological polar surface area (TPSA) is 99.2 Å². The van der Waals surface area contributed by atoms with Crippen molar-refractivity contribution in [1.29, 1.82) is 0 Å². The van der Waals surface area contributed by atoms with Gasteiger partial charge in [-0.3, -0.25) is 9.59 Å². The first-order valence-corrected chi connectivity index (χ1v) is 12.3. The van der Waals surface area contributed by atoms with E-state index in [0.717, 1.165) is 53.7 Å². The maximum Gasteiger partial charge on any atom is 0.225 e. The zero-order valence-electron chi connectivity index (χ0n) is 20.7. The summed E-state index contributed by atoms with van der Waals surface area (Å²) in [6.45, 7) is 2.27. The molecule has 1 aliphatic carbocycles. The SMILES string of the molecule is CCC(=O)Nc1cccc(CNC(=O)[C@H]2CC[C@@H](Nc3nc(N(C)C)c4ccccc4n3)CC2)c1. The number of carbonyl (C=O) groups excluding carboxylic acids is 2. The number of aromatic nitrogens is 2. The molecule has 1 heterocycles. The molecule has 2 aromatic carbocycles. The van der Waals surface area contributed by atoms with Gasteiger partial charge in [-0.2, -0.15) is 4.98 Å². The van der Waals surface area contributed by atoms with E-state index in [0.29, 0.717) is 18.9 Å². The number of hydrogen-bond donors (Lipinski definition) is 3. The highest BCUT2D eigenvalue weighted by Crippen LogP contribution is 2.28. The second kappa shape index (κ2) is 11.2. The minimum absolute atomic E-state index is 0.00545. The van der Waals surface area contributed by atoms with Gasteiger partial charge in [-0.25, -0.2) is 4.98 Å². The summed E-state index contributed by atoms with van der Waals surface area (Å²) >= 11 is 0. The minimum atomic E-state index is -0.0245. The Morgan fingerprint density at radius 1 is 1.00 bits per heavy atom. The summed E-state index contributed by atoms with van der Waals surface area (Å²) in [5, 5.41) is 10.4. The molecule has 0 aliphatic heterocycles. The van der Waals surface area contributed by atoms with Gasteiger partial charge in [0.05, 0.1) is 5.52 Å². The number of para-hydroxylation sites is 1. The zero-order valence-corrected chi connectivity index (χ0v) is 20.7. The van der Waals surface area contributed by atoms with E-state index in [1.54, 1.807) is 0 Å². The van der Waals surface area contributed by atoms with Crippen molar-refractivity contribution in [2.45, 2.75) is 51.6 Å². The maximum atomic E-state index is 12.8. The molecule has 1 aliphatic rings. The summed E-state index contributed by atoms with van der Waals surface area (Å²) < 4.78 is 0. The largest absolute Gasteiger partial charge is 0.362 e. The first kappa shape index (κ1) is 24.4. The number of carbonyl (C=O) groups is 2. The third kappa shape index (κ3) is 6.26. The lowest BCUT2D eigenvalue weighted by Crippen LogP contribution is -2.36. The first-order valence-electron chi connectivity index (χ1n) is 12.3. The van der Waals surface area contributed by atoms with Crippen LogP contribution < -0.4 is 20.9 Å². The van der Waals surface area contributed by atoms with Crippen molar-refractivity contribution in [3.8, 4) is 0 Å². The van der Waals surface area contributed by atoms with Gasteiger partial charge in [0.25, 0.3) is 0 Å². The normalized spacial score (nSPS) is 17.6. The fraction of sp³-hybridized carbons (Fsp3) is 0.407.